The van der Waals surface area contributed by atoms with Crippen LogP contribution in [0, 0.1) is 0 Å². The number of benzene rings is 4. The molecular weight excluding hydrogens is 1020 g/mol. The second-order valence-corrected chi connectivity index (χ2v) is 23.9. The number of fused-ring (bicyclic) bond motifs is 2. The summed E-state index contributed by atoms with van der Waals surface area (Å²) in [5, 5.41) is 1.21. The highest BCUT2D eigenvalue weighted by Crippen LogP contribution is 2.34. The lowest BCUT2D eigenvalue weighted by molar-refractivity contribution is 0.103. The van der Waals surface area contributed by atoms with Crippen LogP contribution in [-0.2, 0) is 32.9 Å². The number of anilines is 2. The fourth-order valence-electron chi connectivity index (χ4n) is 9.22. The van der Waals surface area contributed by atoms with E-state index in [1.54, 1.807) is 60.7 Å². The van der Waals surface area contributed by atoms with Crippen LogP contribution in [0.1, 0.15) is 175 Å². The number of furan rings is 2. The van der Waals surface area contributed by atoms with E-state index in [4.69, 9.17) is 18.3 Å². The third-order valence-corrected chi connectivity index (χ3v) is 14.6. The van der Waals surface area contributed by atoms with Crippen molar-refractivity contribution in [2.75, 3.05) is 74.4 Å². The first-order valence-corrected chi connectivity index (χ1v) is 32.4. The quantitative estimate of drug-likeness (QED) is 0.0281. The van der Waals surface area contributed by atoms with Crippen LogP contribution in [0.15, 0.2) is 93.8 Å². The number of carbonyl (C=O) groups excluding carboxylic acids is 2. The van der Waals surface area contributed by atoms with Gasteiger partial charge in [-0.05, 0) is 162 Å². The third-order valence-electron chi connectivity index (χ3n) is 13.4. The van der Waals surface area contributed by atoms with Gasteiger partial charge in [-0.3, -0.25) is 19.0 Å². The number of aryl methyl sites for hydroxylation is 2. The topological polar surface area (TPSA) is 178 Å². The number of rotatable bonds is 36. The third kappa shape index (κ3) is 20.5. The Bertz CT molecular complexity index is 2780. The standard InChI is InChI=1S/2C31H44N2O5S/c2*1-5-8-12-29-30(27-23-25(32-39(4,35)36)15-18-28(27)38-29)31(34)24-13-16-26(17-14-24)37-22-11-21-33(19-9-6-2)20-10-7-3/h2*13-18,23,32H,5-12,19-22H2,1-4H3. The van der Waals surface area contributed by atoms with Crippen LogP contribution in [0.5, 0.6) is 11.5 Å². The van der Waals surface area contributed by atoms with Gasteiger partial charge >= 0.3 is 0 Å². The Balaban J connectivity index is 0.000000287. The van der Waals surface area contributed by atoms with Gasteiger partial charge in [0.25, 0.3) is 0 Å². The molecule has 0 aliphatic carbocycles. The normalized spacial score (nSPS) is 11.8. The number of ether oxygens (including phenoxy) is 2. The second-order valence-electron chi connectivity index (χ2n) is 20.4. The van der Waals surface area contributed by atoms with Crippen molar-refractivity contribution in [2.24, 2.45) is 0 Å². The first-order valence-electron chi connectivity index (χ1n) is 28.6. The van der Waals surface area contributed by atoms with Crippen molar-refractivity contribution < 1.29 is 44.7 Å². The summed E-state index contributed by atoms with van der Waals surface area (Å²) in [6.45, 7) is 21.0. The Hall–Kier alpha value is -5.68. The Kier molecular flexibility index (Phi) is 26.2. The Labute approximate surface area is 466 Å². The minimum atomic E-state index is -3.45. The van der Waals surface area contributed by atoms with E-state index in [-0.39, 0.29) is 11.6 Å². The summed E-state index contributed by atoms with van der Waals surface area (Å²) in [4.78, 5) is 32.4. The molecule has 2 heterocycles. The van der Waals surface area contributed by atoms with E-state index in [1.165, 1.54) is 51.4 Å². The Morgan fingerprint density at radius 3 is 1.08 bits per heavy atom. The van der Waals surface area contributed by atoms with Gasteiger partial charge in [-0.15, -0.1) is 0 Å². The zero-order valence-electron chi connectivity index (χ0n) is 47.8. The van der Waals surface area contributed by atoms with E-state index in [0.29, 0.717) is 93.1 Å². The number of carbonyl (C=O) groups is 2. The molecule has 6 rings (SSSR count). The summed E-state index contributed by atoms with van der Waals surface area (Å²) in [6.07, 6.45) is 18.8. The number of hydrogen-bond donors (Lipinski definition) is 2. The summed E-state index contributed by atoms with van der Waals surface area (Å²) < 4.78 is 76.1. The first-order chi connectivity index (χ1) is 37.5. The Morgan fingerprint density at radius 2 is 0.769 bits per heavy atom. The van der Waals surface area contributed by atoms with Gasteiger partial charge in [-0.1, -0.05) is 80.1 Å². The smallest absolute Gasteiger partial charge is 0.229 e. The summed E-state index contributed by atoms with van der Waals surface area (Å²) in [7, 11) is -6.90. The predicted molar refractivity (Wildman–Crippen MR) is 319 cm³/mol. The molecule has 428 valence electrons. The first kappa shape index (κ1) is 63.2. The zero-order chi connectivity index (χ0) is 56.5. The molecule has 0 aliphatic heterocycles. The minimum absolute atomic E-state index is 0.148. The maximum atomic E-state index is 13.7. The van der Waals surface area contributed by atoms with E-state index >= 15 is 0 Å². The summed E-state index contributed by atoms with van der Waals surface area (Å²) in [5.41, 5.74) is 3.98. The van der Waals surface area contributed by atoms with Crippen molar-refractivity contribution in [1.82, 2.24) is 9.80 Å². The molecular formula is C62H88N4O10S2. The van der Waals surface area contributed by atoms with Crippen LogP contribution < -0.4 is 18.9 Å². The molecule has 2 aromatic heterocycles. The summed E-state index contributed by atoms with van der Waals surface area (Å²) >= 11 is 0. The van der Waals surface area contributed by atoms with Gasteiger partial charge in [0.15, 0.2) is 11.6 Å². The minimum Gasteiger partial charge on any atom is -0.494 e. The van der Waals surface area contributed by atoms with Crippen LogP contribution >= 0.6 is 0 Å². The molecule has 0 radical (unpaired) electrons. The highest BCUT2D eigenvalue weighted by molar-refractivity contribution is 7.92. The van der Waals surface area contributed by atoms with E-state index in [2.05, 4.69) is 60.8 Å². The molecule has 0 atom stereocenters. The van der Waals surface area contributed by atoms with Crippen LogP contribution in [-0.4, -0.2) is 103 Å². The average Bonchev–Trinajstić information content (AvgIpc) is 3.97. The van der Waals surface area contributed by atoms with Crippen LogP contribution in [0.2, 0.25) is 0 Å². The van der Waals surface area contributed by atoms with Crippen LogP contribution in [0.25, 0.3) is 21.9 Å². The van der Waals surface area contributed by atoms with Gasteiger partial charge in [0, 0.05) is 59.2 Å². The van der Waals surface area contributed by atoms with Crippen molar-refractivity contribution in [2.45, 2.75) is 144 Å². The predicted octanol–water partition coefficient (Wildman–Crippen LogP) is 14.1. The molecule has 0 saturated heterocycles. The van der Waals surface area contributed by atoms with Crippen molar-refractivity contribution in [3.8, 4) is 11.5 Å². The highest BCUT2D eigenvalue weighted by Gasteiger charge is 2.25. The molecule has 2 N–H and O–H groups in total. The molecule has 0 spiro atoms. The molecule has 0 fully saturated rings. The molecule has 0 saturated carbocycles. The molecule has 6 aromatic rings. The average molecular weight is 1110 g/mol. The highest BCUT2D eigenvalue weighted by atomic mass is 32.2. The lowest BCUT2D eigenvalue weighted by Gasteiger charge is -2.21. The van der Waals surface area contributed by atoms with E-state index in [0.717, 1.165) is 102 Å². The van der Waals surface area contributed by atoms with Crippen LogP contribution in [0.4, 0.5) is 11.4 Å². The number of nitrogens with one attached hydrogen (secondary N) is 2. The maximum absolute atomic E-state index is 13.7. The fraction of sp³-hybridized carbons (Fsp3) is 0.516. The molecule has 0 unspecified atom stereocenters. The molecule has 4 aromatic carbocycles. The van der Waals surface area contributed by atoms with E-state index < -0.39 is 20.0 Å². The second kappa shape index (κ2) is 32.4. The van der Waals surface area contributed by atoms with Crippen molar-refractivity contribution in [1.29, 1.82) is 0 Å². The number of ketones is 2. The molecule has 14 nitrogen and oxygen atoms in total. The van der Waals surface area contributed by atoms with Gasteiger partial charge in [-0.2, -0.15) is 0 Å². The van der Waals surface area contributed by atoms with Crippen molar-refractivity contribution in [3.63, 3.8) is 0 Å². The molecule has 0 bridgehead atoms. The summed E-state index contributed by atoms with van der Waals surface area (Å²) in [6, 6.07) is 24.5. The lowest BCUT2D eigenvalue weighted by atomic mass is 9.98. The molecule has 78 heavy (non-hydrogen) atoms. The van der Waals surface area contributed by atoms with Gasteiger partial charge in [0.05, 0.1) is 36.9 Å². The van der Waals surface area contributed by atoms with E-state index in [9.17, 15) is 26.4 Å². The monoisotopic (exact) mass is 1110 g/mol. The van der Waals surface area contributed by atoms with E-state index in [1.807, 2.05) is 24.3 Å². The van der Waals surface area contributed by atoms with Crippen LogP contribution in [0.3, 0.4) is 0 Å². The van der Waals surface area contributed by atoms with Crippen molar-refractivity contribution >= 4 is 64.9 Å². The fourth-order valence-corrected chi connectivity index (χ4v) is 10.3. The number of sulfonamides is 2. The van der Waals surface area contributed by atoms with Gasteiger partial charge in [0.1, 0.15) is 34.2 Å². The SMILES string of the molecule is CCCCc1oc2ccc(NS(C)(=O)=O)cc2c1C(=O)c1ccc(OCCCN(CCCC)CCCC)cc1.CCCCc1oc2ccc(NS(C)(=O)=O)cc2c1C(=O)c1ccc(OCCCN(CCCC)CCCC)cc1. The maximum Gasteiger partial charge on any atom is 0.229 e. The van der Waals surface area contributed by atoms with Gasteiger partial charge in [-0.25, -0.2) is 16.8 Å². The number of unbranched alkanes of at least 4 members (excludes halogenated alkanes) is 6. The summed E-state index contributed by atoms with van der Waals surface area (Å²) in [5.74, 6) is 2.44. The van der Waals surface area contributed by atoms with Gasteiger partial charge in [0.2, 0.25) is 20.0 Å². The molecule has 0 amide bonds. The van der Waals surface area contributed by atoms with Crippen molar-refractivity contribution in [3.05, 3.63) is 119 Å². The molecule has 16 heteroatoms. The lowest BCUT2D eigenvalue weighted by Crippen LogP contribution is -2.28. The largest absolute Gasteiger partial charge is 0.494 e. The number of nitrogens with zero attached hydrogens (tertiary/aromatic N) is 2. The Morgan fingerprint density at radius 1 is 0.449 bits per heavy atom. The van der Waals surface area contributed by atoms with Gasteiger partial charge < -0.3 is 28.1 Å². The molecule has 0 aliphatic rings. The number of hydrogen-bond acceptors (Lipinski definition) is 12. The zero-order valence-corrected chi connectivity index (χ0v) is 49.5.